The minimum Gasteiger partial charge on any atom is -0.505 e. The molecule has 0 spiro atoms. The number of unbranched alkanes of at least 4 members (excludes halogenated alkanes) is 5. The molecule has 0 unspecified atom stereocenters. The van der Waals surface area contributed by atoms with Crippen LogP contribution in [0.5, 0.6) is 5.75 Å². The number of hydrogen-bond acceptors (Lipinski definition) is 4. The van der Waals surface area contributed by atoms with Crippen molar-refractivity contribution >= 4 is 0 Å². The average Bonchev–Trinajstić information content (AvgIpc) is 2.52. The van der Waals surface area contributed by atoms with Crippen LogP contribution in [0.2, 0.25) is 0 Å². The molecule has 0 saturated carbocycles. The van der Waals surface area contributed by atoms with Crippen molar-refractivity contribution in [3.8, 4) is 17.1 Å². The van der Waals surface area contributed by atoms with Crippen molar-refractivity contribution < 1.29 is 5.11 Å². The van der Waals surface area contributed by atoms with Crippen LogP contribution in [-0.2, 0) is 6.42 Å². The van der Waals surface area contributed by atoms with Gasteiger partial charge in [0, 0.05) is 17.5 Å². The van der Waals surface area contributed by atoms with Crippen LogP contribution >= 0.6 is 0 Å². The molecule has 2 rings (SSSR count). The summed E-state index contributed by atoms with van der Waals surface area (Å²) in [7, 11) is 0. The third kappa shape index (κ3) is 5.14. The van der Waals surface area contributed by atoms with Gasteiger partial charge in [0.1, 0.15) is 0 Å². The fourth-order valence-electron chi connectivity index (χ4n) is 2.26. The van der Waals surface area contributed by atoms with E-state index in [1.165, 1.54) is 50.9 Å². The molecule has 0 saturated heterocycles. The number of hydrogen-bond donors (Lipinski definition) is 1. The Balaban J connectivity index is 1.80. The first-order valence-electron chi connectivity index (χ1n) is 7.76. The van der Waals surface area contributed by atoms with Gasteiger partial charge in [-0.1, -0.05) is 39.0 Å². The van der Waals surface area contributed by atoms with Gasteiger partial charge >= 0.3 is 0 Å². The zero-order valence-electron chi connectivity index (χ0n) is 12.6. The van der Waals surface area contributed by atoms with Crippen LogP contribution in [0, 0.1) is 0 Å². The van der Waals surface area contributed by atoms with Crippen LogP contribution in [0.15, 0.2) is 30.7 Å². The molecule has 0 aliphatic heterocycles. The average molecular weight is 285 g/mol. The first-order valence-corrected chi connectivity index (χ1v) is 7.76. The number of rotatable bonds is 8. The second-order valence-corrected chi connectivity index (χ2v) is 5.32. The highest BCUT2D eigenvalue weighted by Gasteiger charge is 2.02. The Morgan fingerprint density at radius 2 is 1.57 bits per heavy atom. The number of aromatic nitrogens is 3. The van der Waals surface area contributed by atoms with Gasteiger partial charge in [0.15, 0.2) is 11.6 Å². The Hall–Kier alpha value is -1.97. The molecule has 0 radical (unpaired) electrons. The molecule has 2 aromatic rings. The van der Waals surface area contributed by atoms with Crippen LogP contribution in [0.3, 0.4) is 0 Å². The maximum Gasteiger partial charge on any atom is 0.160 e. The van der Waals surface area contributed by atoms with Crippen molar-refractivity contribution in [1.82, 2.24) is 15.0 Å². The molecule has 21 heavy (non-hydrogen) atoms. The van der Waals surface area contributed by atoms with E-state index in [-0.39, 0.29) is 5.75 Å². The number of aromatic hydroxyl groups is 1. The fraction of sp³-hybridized carbons (Fsp3) is 0.471. The SMILES string of the molecule is CCCCCCCCc1ccc(-c2ncc(O)cn2)cn1. The highest BCUT2D eigenvalue weighted by atomic mass is 16.3. The molecule has 0 aliphatic carbocycles. The molecule has 4 nitrogen and oxygen atoms in total. The van der Waals surface area contributed by atoms with Gasteiger partial charge < -0.3 is 5.11 Å². The van der Waals surface area contributed by atoms with E-state index in [1.807, 2.05) is 12.1 Å². The molecule has 0 aromatic carbocycles. The van der Waals surface area contributed by atoms with Crippen LogP contribution < -0.4 is 0 Å². The molecule has 1 N–H and O–H groups in total. The van der Waals surface area contributed by atoms with Crippen LogP contribution in [0.25, 0.3) is 11.4 Å². The van der Waals surface area contributed by atoms with E-state index >= 15 is 0 Å². The van der Waals surface area contributed by atoms with E-state index in [9.17, 15) is 5.11 Å². The summed E-state index contributed by atoms with van der Waals surface area (Å²) in [5, 5.41) is 9.18. The predicted octanol–water partition coefficient (Wildman–Crippen LogP) is 4.15. The Bertz CT molecular complexity index is 523. The molecule has 112 valence electrons. The molecule has 0 bridgehead atoms. The monoisotopic (exact) mass is 285 g/mol. The quantitative estimate of drug-likeness (QED) is 0.740. The number of nitrogens with zero attached hydrogens (tertiary/aromatic N) is 3. The topological polar surface area (TPSA) is 58.9 Å². The lowest BCUT2D eigenvalue weighted by Crippen LogP contribution is -1.93. The van der Waals surface area contributed by atoms with Gasteiger partial charge in [-0.2, -0.15) is 0 Å². The molecule has 2 heterocycles. The second kappa shape index (κ2) is 8.35. The first kappa shape index (κ1) is 15.4. The Morgan fingerprint density at radius 1 is 0.857 bits per heavy atom. The second-order valence-electron chi connectivity index (χ2n) is 5.32. The highest BCUT2D eigenvalue weighted by Crippen LogP contribution is 2.16. The smallest absolute Gasteiger partial charge is 0.160 e. The van der Waals surface area contributed by atoms with Gasteiger partial charge in [-0.05, 0) is 25.0 Å². The van der Waals surface area contributed by atoms with Crippen molar-refractivity contribution in [1.29, 1.82) is 0 Å². The fourth-order valence-corrected chi connectivity index (χ4v) is 2.26. The highest BCUT2D eigenvalue weighted by molar-refractivity contribution is 5.53. The summed E-state index contributed by atoms with van der Waals surface area (Å²) in [5.74, 6) is 0.665. The lowest BCUT2D eigenvalue weighted by Gasteiger charge is -2.03. The van der Waals surface area contributed by atoms with Crippen LogP contribution in [-0.4, -0.2) is 20.1 Å². The Morgan fingerprint density at radius 3 is 2.24 bits per heavy atom. The lowest BCUT2D eigenvalue weighted by atomic mass is 10.1. The van der Waals surface area contributed by atoms with E-state index in [0.29, 0.717) is 5.82 Å². The molecule has 0 amide bonds. The van der Waals surface area contributed by atoms with Gasteiger partial charge in [-0.25, -0.2) is 9.97 Å². The van der Waals surface area contributed by atoms with Crippen molar-refractivity contribution in [3.63, 3.8) is 0 Å². The predicted molar refractivity (Wildman–Crippen MR) is 84.0 cm³/mol. The first-order chi connectivity index (χ1) is 10.3. The Kier molecular flexibility index (Phi) is 6.13. The summed E-state index contributed by atoms with van der Waals surface area (Å²) in [6, 6.07) is 4.03. The van der Waals surface area contributed by atoms with E-state index in [4.69, 9.17) is 0 Å². The molecule has 4 heteroatoms. The van der Waals surface area contributed by atoms with Gasteiger partial charge in [0.2, 0.25) is 0 Å². The zero-order chi connectivity index (χ0) is 14.9. The maximum atomic E-state index is 9.18. The number of pyridine rings is 1. The third-order valence-corrected chi connectivity index (χ3v) is 3.51. The standard InChI is InChI=1S/C17H23N3O/c1-2-3-4-5-6-7-8-15-10-9-14(11-18-15)17-19-12-16(21)13-20-17/h9-13,21H,2-8H2,1H3. The van der Waals surface area contributed by atoms with E-state index < -0.39 is 0 Å². The molecule has 0 atom stereocenters. The van der Waals surface area contributed by atoms with E-state index in [1.54, 1.807) is 6.20 Å². The van der Waals surface area contributed by atoms with Crippen molar-refractivity contribution in [2.45, 2.75) is 51.9 Å². The zero-order valence-corrected chi connectivity index (χ0v) is 12.6. The van der Waals surface area contributed by atoms with Crippen molar-refractivity contribution in [2.24, 2.45) is 0 Å². The van der Waals surface area contributed by atoms with Crippen LogP contribution in [0.1, 0.15) is 51.1 Å². The lowest BCUT2D eigenvalue weighted by molar-refractivity contribution is 0.470. The van der Waals surface area contributed by atoms with Gasteiger partial charge in [-0.15, -0.1) is 0 Å². The van der Waals surface area contributed by atoms with Crippen molar-refractivity contribution in [2.75, 3.05) is 0 Å². The summed E-state index contributed by atoms with van der Waals surface area (Å²) < 4.78 is 0. The van der Waals surface area contributed by atoms with Gasteiger partial charge in [0.25, 0.3) is 0 Å². The summed E-state index contributed by atoms with van der Waals surface area (Å²) >= 11 is 0. The minimum absolute atomic E-state index is 0.0754. The molecule has 2 aromatic heterocycles. The number of aryl methyl sites for hydroxylation is 1. The normalized spacial score (nSPS) is 10.7. The molecular weight excluding hydrogens is 262 g/mol. The summed E-state index contributed by atoms with van der Waals surface area (Å²) in [6.07, 6.45) is 13.4. The van der Waals surface area contributed by atoms with Gasteiger partial charge in [0.05, 0.1) is 12.4 Å². The van der Waals surface area contributed by atoms with Crippen LogP contribution in [0.4, 0.5) is 0 Å². The Labute approximate surface area is 126 Å². The van der Waals surface area contributed by atoms with Crippen molar-refractivity contribution in [3.05, 3.63) is 36.4 Å². The summed E-state index contributed by atoms with van der Waals surface area (Å²) in [4.78, 5) is 12.6. The van der Waals surface area contributed by atoms with E-state index in [2.05, 4.69) is 21.9 Å². The van der Waals surface area contributed by atoms with Gasteiger partial charge in [-0.3, -0.25) is 4.98 Å². The molecule has 0 fully saturated rings. The summed E-state index contributed by atoms with van der Waals surface area (Å²) in [5.41, 5.74) is 2.00. The van der Waals surface area contributed by atoms with E-state index in [0.717, 1.165) is 17.7 Å². The maximum absolute atomic E-state index is 9.18. The summed E-state index contributed by atoms with van der Waals surface area (Å²) in [6.45, 7) is 2.24. The molecule has 0 aliphatic rings. The third-order valence-electron chi connectivity index (χ3n) is 3.51. The minimum atomic E-state index is 0.0754. The largest absolute Gasteiger partial charge is 0.505 e. The molecular formula is C17H23N3O.